The minimum atomic E-state index is -0.516. The van der Waals surface area contributed by atoms with Crippen LogP contribution in [0, 0.1) is 10.1 Å². The zero-order valence-corrected chi connectivity index (χ0v) is 9.19. The lowest BCUT2D eigenvalue weighted by molar-refractivity contribution is -0.385. The summed E-state index contributed by atoms with van der Waals surface area (Å²) in [5.41, 5.74) is 0.357. The fraction of sp³-hybridized carbons (Fsp3) is 0.400. The highest BCUT2D eigenvalue weighted by molar-refractivity contribution is 5.53. The number of hydrogen-bond acceptors (Lipinski definition) is 5. The molecule has 0 aliphatic rings. The van der Waals surface area contributed by atoms with Gasteiger partial charge in [0.05, 0.1) is 18.1 Å². The molecule has 0 radical (unpaired) electrons. The molecule has 0 bridgehead atoms. The fourth-order valence-corrected chi connectivity index (χ4v) is 1.30. The Hall–Kier alpha value is -1.82. The third-order valence-electron chi connectivity index (χ3n) is 2.13. The van der Waals surface area contributed by atoms with Crippen molar-refractivity contribution in [3.8, 4) is 11.5 Å². The van der Waals surface area contributed by atoms with Gasteiger partial charge in [-0.05, 0) is 6.54 Å². The van der Waals surface area contributed by atoms with Crippen LogP contribution >= 0.6 is 0 Å². The Bertz CT molecular complexity index is 393. The number of nitrogens with zero attached hydrogens (tertiary/aromatic N) is 1. The topological polar surface area (TPSA) is 84.6 Å². The van der Waals surface area contributed by atoms with Gasteiger partial charge in [-0.2, -0.15) is 0 Å². The van der Waals surface area contributed by atoms with Gasteiger partial charge in [0.1, 0.15) is 0 Å². The minimum absolute atomic E-state index is 0.0611. The van der Waals surface area contributed by atoms with Gasteiger partial charge >= 0.3 is 0 Å². The van der Waals surface area contributed by atoms with Crippen molar-refractivity contribution in [2.24, 2.45) is 0 Å². The number of rotatable bonds is 5. The molecule has 2 N–H and O–H groups in total. The van der Waals surface area contributed by atoms with Gasteiger partial charge in [0.15, 0.2) is 11.5 Å². The first kappa shape index (κ1) is 12.3. The van der Waals surface area contributed by atoms with Crippen LogP contribution in [-0.4, -0.2) is 23.7 Å². The van der Waals surface area contributed by atoms with Gasteiger partial charge in [0, 0.05) is 18.2 Å². The Labute approximate surface area is 93.0 Å². The van der Waals surface area contributed by atoms with Gasteiger partial charge < -0.3 is 15.2 Å². The van der Waals surface area contributed by atoms with Crippen molar-refractivity contribution in [1.82, 2.24) is 5.32 Å². The molecule has 0 amide bonds. The summed E-state index contributed by atoms with van der Waals surface area (Å²) in [5.74, 6) is 0.0520. The highest BCUT2D eigenvalue weighted by Gasteiger charge is 2.16. The Balaban J connectivity index is 3.13. The lowest BCUT2D eigenvalue weighted by Gasteiger charge is -2.09. The van der Waals surface area contributed by atoms with Crippen molar-refractivity contribution in [1.29, 1.82) is 0 Å². The van der Waals surface area contributed by atoms with Gasteiger partial charge in [0.25, 0.3) is 5.69 Å². The molecular weight excluding hydrogens is 212 g/mol. The van der Waals surface area contributed by atoms with Crippen LogP contribution < -0.4 is 10.1 Å². The summed E-state index contributed by atoms with van der Waals surface area (Å²) in [6.45, 7) is 2.98. The van der Waals surface area contributed by atoms with Crippen LogP contribution in [0.1, 0.15) is 12.5 Å². The van der Waals surface area contributed by atoms with Gasteiger partial charge in [0.2, 0.25) is 0 Å². The SMILES string of the molecule is CCNCc1cc([N+](=O)[O-])cc(OC)c1O. The summed E-state index contributed by atoms with van der Waals surface area (Å²) in [6.07, 6.45) is 0. The molecule has 0 heterocycles. The molecule has 1 rings (SSSR count). The molecule has 6 nitrogen and oxygen atoms in total. The standard InChI is InChI=1S/C10H14N2O4/c1-3-11-6-7-4-8(12(14)15)5-9(16-2)10(7)13/h4-5,11,13H,3,6H2,1-2H3. The van der Waals surface area contributed by atoms with Crippen molar-refractivity contribution in [2.75, 3.05) is 13.7 Å². The van der Waals surface area contributed by atoms with E-state index in [1.807, 2.05) is 6.92 Å². The average Bonchev–Trinajstić information content (AvgIpc) is 2.27. The van der Waals surface area contributed by atoms with E-state index in [0.29, 0.717) is 18.7 Å². The highest BCUT2D eigenvalue weighted by Crippen LogP contribution is 2.34. The van der Waals surface area contributed by atoms with Gasteiger partial charge in [-0.25, -0.2) is 0 Å². The molecule has 16 heavy (non-hydrogen) atoms. The van der Waals surface area contributed by atoms with E-state index in [1.54, 1.807) is 0 Å². The van der Waals surface area contributed by atoms with Crippen molar-refractivity contribution in [3.05, 3.63) is 27.8 Å². The second-order valence-electron chi connectivity index (χ2n) is 3.19. The normalized spacial score (nSPS) is 10.1. The summed E-state index contributed by atoms with van der Waals surface area (Å²) < 4.78 is 4.87. The molecule has 0 unspecified atom stereocenters. The van der Waals surface area contributed by atoms with Crippen LogP contribution in [0.15, 0.2) is 12.1 Å². The van der Waals surface area contributed by atoms with Crippen LogP contribution in [0.25, 0.3) is 0 Å². The highest BCUT2D eigenvalue weighted by atomic mass is 16.6. The number of methoxy groups -OCH3 is 1. The predicted octanol–water partition coefficient (Wildman–Crippen LogP) is 1.42. The Kier molecular flexibility index (Phi) is 4.07. The summed E-state index contributed by atoms with van der Waals surface area (Å²) in [4.78, 5) is 10.1. The van der Waals surface area contributed by atoms with E-state index in [9.17, 15) is 15.2 Å². The van der Waals surface area contributed by atoms with Crippen LogP contribution in [0.3, 0.4) is 0 Å². The molecule has 0 aliphatic carbocycles. The van der Waals surface area contributed by atoms with E-state index in [1.165, 1.54) is 19.2 Å². The smallest absolute Gasteiger partial charge is 0.273 e. The molecular formula is C10H14N2O4. The van der Waals surface area contributed by atoms with E-state index in [2.05, 4.69) is 5.32 Å². The minimum Gasteiger partial charge on any atom is -0.504 e. The number of benzene rings is 1. The van der Waals surface area contributed by atoms with Crippen LogP contribution in [0.4, 0.5) is 5.69 Å². The van der Waals surface area contributed by atoms with E-state index >= 15 is 0 Å². The maximum absolute atomic E-state index is 10.7. The summed E-state index contributed by atoms with van der Waals surface area (Å²) in [6, 6.07) is 2.53. The molecule has 0 aliphatic heterocycles. The average molecular weight is 226 g/mol. The third-order valence-corrected chi connectivity index (χ3v) is 2.13. The van der Waals surface area contributed by atoms with Crippen LogP contribution in [0.5, 0.6) is 11.5 Å². The Morgan fingerprint density at radius 3 is 2.75 bits per heavy atom. The lowest BCUT2D eigenvalue weighted by Crippen LogP contribution is -2.12. The number of phenols is 1. The van der Waals surface area contributed by atoms with E-state index < -0.39 is 4.92 Å². The van der Waals surface area contributed by atoms with E-state index in [-0.39, 0.29) is 17.2 Å². The first-order valence-corrected chi connectivity index (χ1v) is 4.85. The monoisotopic (exact) mass is 226 g/mol. The maximum Gasteiger partial charge on any atom is 0.273 e. The van der Waals surface area contributed by atoms with Crippen LogP contribution in [0.2, 0.25) is 0 Å². The summed E-state index contributed by atoms with van der Waals surface area (Å²) in [7, 11) is 1.36. The zero-order chi connectivity index (χ0) is 12.1. The van der Waals surface area contributed by atoms with Gasteiger partial charge in [-0.3, -0.25) is 10.1 Å². The molecule has 88 valence electrons. The number of aromatic hydroxyl groups is 1. The zero-order valence-electron chi connectivity index (χ0n) is 9.19. The van der Waals surface area contributed by atoms with Crippen molar-refractivity contribution in [2.45, 2.75) is 13.5 Å². The number of nitrogens with one attached hydrogen (secondary N) is 1. The van der Waals surface area contributed by atoms with E-state index in [0.717, 1.165) is 0 Å². The molecule has 1 aromatic carbocycles. The van der Waals surface area contributed by atoms with Gasteiger partial charge in [-0.1, -0.05) is 6.92 Å². The van der Waals surface area contributed by atoms with Crippen molar-refractivity contribution >= 4 is 5.69 Å². The molecule has 0 aromatic heterocycles. The quantitative estimate of drug-likeness (QED) is 0.585. The molecule has 0 fully saturated rings. The predicted molar refractivity (Wildman–Crippen MR) is 58.7 cm³/mol. The fourth-order valence-electron chi connectivity index (χ4n) is 1.30. The number of non-ortho nitro benzene ring substituents is 1. The van der Waals surface area contributed by atoms with Gasteiger partial charge in [-0.15, -0.1) is 0 Å². The first-order valence-electron chi connectivity index (χ1n) is 4.85. The number of nitro groups is 1. The largest absolute Gasteiger partial charge is 0.504 e. The maximum atomic E-state index is 10.7. The Morgan fingerprint density at radius 2 is 2.25 bits per heavy atom. The molecule has 6 heteroatoms. The molecule has 0 saturated carbocycles. The molecule has 0 atom stereocenters. The molecule has 1 aromatic rings. The van der Waals surface area contributed by atoms with E-state index in [4.69, 9.17) is 4.74 Å². The summed E-state index contributed by atoms with van der Waals surface area (Å²) in [5, 5.41) is 23.4. The summed E-state index contributed by atoms with van der Waals surface area (Å²) >= 11 is 0. The Morgan fingerprint density at radius 1 is 1.56 bits per heavy atom. The first-order chi connectivity index (χ1) is 7.60. The third kappa shape index (κ3) is 2.60. The van der Waals surface area contributed by atoms with Crippen molar-refractivity contribution < 1.29 is 14.8 Å². The second kappa shape index (κ2) is 5.32. The number of ether oxygens (including phenoxy) is 1. The molecule has 0 saturated heterocycles. The number of phenolic OH excluding ortho intramolecular Hbond substituents is 1. The molecule has 0 spiro atoms. The van der Waals surface area contributed by atoms with Crippen molar-refractivity contribution in [3.63, 3.8) is 0 Å². The number of nitro benzene ring substituents is 1. The van der Waals surface area contributed by atoms with Crippen LogP contribution in [-0.2, 0) is 6.54 Å². The second-order valence-corrected chi connectivity index (χ2v) is 3.19. The number of hydrogen-bond donors (Lipinski definition) is 2. The lowest BCUT2D eigenvalue weighted by atomic mass is 10.1.